The van der Waals surface area contributed by atoms with Crippen LogP contribution in [0.5, 0.6) is 0 Å². The Morgan fingerprint density at radius 1 is 1.03 bits per heavy atom. The number of hydrogen-bond donors (Lipinski definition) is 1. The second-order valence-corrected chi connectivity index (χ2v) is 8.41. The number of fused-ring (bicyclic) bond motifs is 1. The summed E-state index contributed by atoms with van der Waals surface area (Å²) in [5, 5.41) is 3.61. The van der Waals surface area contributed by atoms with Crippen LogP contribution in [0, 0.1) is 6.92 Å². The fourth-order valence-electron chi connectivity index (χ4n) is 4.34. The number of furan rings is 1. The van der Waals surface area contributed by atoms with Crippen molar-refractivity contribution in [2.75, 3.05) is 18.5 Å². The number of aryl methyl sites for hydroxylation is 1. The van der Waals surface area contributed by atoms with Gasteiger partial charge in [-0.05, 0) is 51.3 Å². The van der Waals surface area contributed by atoms with E-state index >= 15 is 0 Å². The largest absolute Gasteiger partial charge is 0.463 e. The summed E-state index contributed by atoms with van der Waals surface area (Å²) in [5.41, 5.74) is 0.810. The average molecular weight is 468 g/mol. The highest BCUT2D eigenvalue weighted by molar-refractivity contribution is 6.10. The molecule has 0 bridgehead atoms. The number of rotatable bonds is 7. The number of anilines is 1. The van der Waals surface area contributed by atoms with Crippen molar-refractivity contribution >= 4 is 28.8 Å². The van der Waals surface area contributed by atoms with Crippen molar-refractivity contribution in [2.24, 2.45) is 0 Å². The van der Waals surface area contributed by atoms with Crippen molar-refractivity contribution in [1.29, 1.82) is 0 Å². The molecule has 1 fully saturated rings. The average Bonchev–Trinajstić information content (AvgIpc) is 3.19. The molecule has 0 amide bonds. The Balaban J connectivity index is 1.93. The third-order valence-electron chi connectivity index (χ3n) is 5.98. The van der Waals surface area contributed by atoms with Crippen LogP contribution in [0.3, 0.4) is 0 Å². The molecule has 4 rings (SSSR count). The van der Waals surface area contributed by atoms with E-state index in [2.05, 4.69) is 5.32 Å². The normalized spacial score (nSPS) is 14.2. The van der Waals surface area contributed by atoms with Gasteiger partial charge in [0.15, 0.2) is 5.76 Å². The van der Waals surface area contributed by atoms with E-state index in [0.717, 1.165) is 37.7 Å². The Morgan fingerprint density at radius 2 is 1.71 bits per heavy atom. The Kier molecular flexibility index (Phi) is 7.05. The van der Waals surface area contributed by atoms with Crippen LogP contribution >= 0.6 is 0 Å². The van der Waals surface area contributed by atoms with Crippen molar-refractivity contribution in [1.82, 2.24) is 0 Å². The van der Waals surface area contributed by atoms with Gasteiger partial charge in [-0.2, -0.15) is 0 Å². The molecule has 1 N–H and O–H groups in total. The molecule has 0 unspecified atom stereocenters. The molecule has 2 aromatic heterocycles. The Labute approximate surface area is 197 Å². The second kappa shape index (κ2) is 10.2. The van der Waals surface area contributed by atoms with E-state index in [-0.39, 0.29) is 53.0 Å². The minimum absolute atomic E-state index is 0.0293. The van der Waals surface area contributed by atoms with Gasteiger partial charge in [0.25, 0.3) is 0 Å². The fourth-order valence-corrected chi connectivity index (χ4v) is 4.34. The van der Waals surface area contributed by atoms with Crippen molar-refractivity contribution in [3.8, 4) is 11.3 Å². The minimum atomic E-state index is -0.774. The van der Waals surface area contributed by atoms with Crippen LogP contribution in [0.2, 0.25) is 0 Å². The first-order valence-corrected chi connectivity index (χ1v) is 11.7. The molecular weight excluding hydrogens is 438 g/mol. The number of nitrogens with one attached hydrogen (secondary N) is 1. The molecule has 1 aliphatic rings. The van der Waals surface area contributed by atoms with E-state index in [4.69, 9.17) is 18.3 Å². The molecule has 0 atom stereocenters. The zero-order valence-corrected chi connectivity index (χ0v) is 19.7. The summed E-state index contributed by atoms with van der Waals surface area (Å²) in [6.07, 6.45) is 6.33. The number of carbonyl (C=O) groups excluding carboxylic acids is 2. The van der Waals surface area contributed by atoms with E-state index in [1.165, 1.54) is 6.26 Å². The van der Waals surface area contributed by atoms with Gasteiger partial charge in [-0.15, -0.1) is 0 Å². The molecule has 2 heterocycles. The molecule has 180 valence electrons. The van der Waals surface area contributed by atoms with Gasteiger partial charge in [0, 0.05) is 6.04 Å². The van der Waals surface area contributed by atoms with E-state index in [9.17, 15) is 14.4 Å². The fraction of sp³-hybridized carbons (Fsp3) is 0.423. The summed E-state index contributed by atoms with van der Waals surface area (Å²) in [6.45, 7) is 5.44. The zero-order chi connectivity index (χ0) is 24.2. The minimum Gasteiger partial charge on any atom is -0.463 e. The summed E-state index contributed by atoms with van der Waals surface area (Å²) in [5.74, 6) is -1.47. The standard InChI is InChI=1S/C26H29NO7/c1-4-31-25(29)20-21(26(30)32-5-2)24(27-16-9-7-6-8-10-16)34-23(20)18-14-33-19-13-15(3)11-12-17(19)22(18)28/h11-14,16,27H,4-10H2,1-3H3. The van der Waals surface area contributed by atoms with Crippen LogP contribution in [0.4, 0.5) is 5.88 Å². The van der Waals surface area contributed by atoms with Gasteiger partial charge in [-0.3, -0.25) is 4.79 Å². The monoisotopic (exact) mass is 467 g/mol. The highest BCUT2D eigenvalue weighted by atomic mass is 16.5. The Morgan fingerprint density at radius 3 is 2.38 bits per heavy atom. The summed E-state index contributed by atoms with van der Waals surface area (Å²) >= 11 is 0. The van der Waals surface area contributed by atoms with Crippen LogP contribution < -0.4 is 10.7 Å². The first kappa shape index (κ1) is 23.6. The van der Waals surface area contributed by atoms with Crippen LogP contribution in [0.25, 0.3) is 22.3 Å². The molecule has 0 aliphatic heterocycles. The zero-order valence-electron chi connectivity index (χ0n) is 19.7. The van der Waals surface area contributed by atoms with Crippen molar-refractivity contribution in [3.05, 3.63) is 51.4 Å². The van der Waals surface area contributed by atoms with Crippen LogP contribution in [0.1, 0.15) is 72.2 Å². The summed E-state index contributed by atoms with van der Waals surface area (Å²) < 4.78 is 22.2. The predicted molar refractivity (Wildman–Crippen MR) is 127 cm³/mol. The van der Waals surface area contributed by atoms with Gasteiger partial charge in [-0.1, -0.05) is 25.3 Å². The molecule has 1 saturated carbocycles. The van der Waals surface area contributed by atoms with E-state index < -0.39 is 11.9 Å². The molecule has 1 aromatic carbocycles. The maximum Gasteiger partial charge on any atom is 0.344 e. The molecule has 34 heavy (non-hydrogen) atoms. The highest BCUT2D eigenvalue weighted by Crippen LogP contribution is 2.37. The topological polar surface area (TPSA) is 108 Å². The lowest BCUT2D eigenvalue weighted by Crippen LogP contribution is -2.23. The highest BCUT2D eigenvalue weighted by Gasteiger charge is 2.35. The third-order valence-corrected chi connectivity index (χ3v) is 5.98. The molecule has 3 aromatic rings. The molecule has 0 radical (unpaired) electrons. The lowest BCUT2D eigenvalue weighted by atomic mass is 9.95. The first-order chi connectivity index (χ1) is 16.4. The van der Waals surface area contributed by atoms with Gasteiger partial charge in [0.05, 0.1) is 18.6 Å². The number of carbonyl (C=O) groups is 2. The smallest absolute Gasteiger partial charge is 0.344 e. The lowest BCUT2D eigenvalue weighted by Gasteiger charge is -2.22. The third kappa shape index (κ3) is 4.58. The van der Waals surface area contributed by atoms with Gasteiger partial charge in [0.1, 0.15) is 28.5 Å². The molecule has 1 aliphatic carbocycles. The lowest BCUT2D eigenvalue weighted by molar-refractivity contribution is 0.0481. The molecule has 8 nitrogen and oxygen atoms in total. The van der Waals surface area contributed by atoms with Crippen LogP contribution in [-0.2, 0) is 9.47 Å². The summed E-state index contributed by atoms with van der Waals surface area (Å²) in [4.78, 5) is 39.4. The predicted octanol–water partition coefficient (Wildman–Crippen LogP) is 5.46. The summed E-state index contributed by atoms with van der Waals surface area (Å²) in [6, 6.07) is 5.31. The van der Waals surface area contributed by atoms with Crippen LogP contribution in [0.15, 0.2) is 38.1 Å². The Hall–Kier alpha value is -3.55. The summed E-state index contributed by atoms with van der Waals surface area (Å²) in [7, 11) is 0. The van der Waals surface area contributed by atoms with Crippen molar-refractivity contribution < 1.29 is 27.9 Å². The number of esters is 2. The van der Waals surface area contributed by atoms with Gasteiger partial charge >= 0.3 is 11.9 Å². The number of hydrogen-bond acceptors (Lipinski definition) is 8. The van der Waals surface area contributed by atoms with Crippen molar-refractivity contribution in [2.45, 2.75) is 58.9 Å². The maximum atomic E-state index is 13.4. The van der Waals surface area contributed by atoms with Gasteiger partial charge < -0.3 is 23.6 Å². The van der Waals surface area contributed by atoms with E-state index in [1.807, 2.05) is 6.92 Å². The van der Waals surface area contributed by atoms with Crippen LogP contribution in [-0.4, -0.2) is 31.2 Å². The first-order valence-electron chi connectivity index (χ1n) is 11.7. The molecule has 0 saturated heterocycles. The van der Waals surface area contributed by atoms with Crippen molar-refractivity contribution in [3.63, 3.8) is 0 Å². The van der Waals surface area contributed by atoms with E-state index in [0.29, 0.717) is 11.0 Å². The quantitative estimate of drug-likeness (QED) is 0.457. The SMILES string of the molecule is CCOC(=O)c1c(NC2CCCCC2)oc(-c2coc3cc(C)ccc3c2=O)c1C(=O)OCC. The maximum absolute atomic E-state index is 13.4. The van der Waals surface area contributed by atoms with Gasteiger partial charge in [-0.25, -0.2) is 9.59 Å². The van der Waals surface area contributed by atoms with Gasteiger partial charge in [0.2, 0.25) is 11.3 Å². The van der Waals surface area contributed by atoms with E-state index in [1.54, 1.807) is 32.0 Å². The molecule has 8 heteroatoms. The number of benzene rings is 1. The Bertz CT molecular complexity index is 1260. The molecule has 0 spiro atoms. The molecular formula is C26H29NO7. The number of ether oxygens (including phenoxy) is 2. The second-order valence-electron chi connectivity index (χ2n) is 8.41.